The summed E-state index contributed by atoms with van der Waals surface area (Å²) in [5.41, 5.74) is 1.38. The lowest BCUT2D eigenvalue weighted by Crippen LogP contribution is -2.45. The van der Waals surface area contributed by atoms with Crippen molar-refractivity contribution in [1.82, 2.24) is 4.90 Å². The van der Waals surface area contributed by atoms with E-state index in [2.05, 4.69) is 9.39 Å². The van der Waals surface area contributed by atoms with Crippen LogP contribution in [0.2, 0.25) is 5.02 Å². The number of hydrogen-bond acceptors (Lipinski definition) is 9. The number of rotatable bonds is 7. The van der Waals surface area contributed by atoms with Gasteiger partial charge in [-0.1, -0.05) is 23.7 Å². The van der Waals surface area contributed by atoms with Crippen LogP contribution in [0.1, 0.15) is 11.1 Å². The fraction of sp³-hybridized carbons (Fsp3) is 0.217. The molecule has 10 nitrogen and oxygen atoms in total. The summed E-state index contributed by atoms with van der Waals surface area (Å²) in [7, 11) is -2.30. The fourth-order valence-electron chi connectivity index (χ4n) is 3.38. The van der Waals surface area contributed by atoms with Crippen molar-refractivity contribution in [2.75, 3.05) is 26.6 Å². The van der Waals surface area contributed by atoms with Crippen molar-refractivity contribution in [2.45, 2.75) is 6.92 Å². The Morgan fingerprint density at radius 3 is 2.64 bits per heavy atom. The van der Waals surface area contributed by atoms with Gasteiger partial charge in [0.1, 0.15) is 24.8 Å². The van der Waals surface area contributed by atoms with Crippen LogP contribution in [0.3, 0.4) is 0 Å². The standard InChI is InChI=1S/C23H21ClN4O6S2/c1-13-5-4-6-15(9-13)33-7-8-34-19-17(24)11-14(12-18(19)32-2)10-16-20(25)28-22(26-21(16)29)35-27-23(28)36(3,30)31/h4-6,9-12,25H,7-8H2,1-3H3/b16-10-,25-20?. The average molecular weight is 549 g/mol. The van der Waals surface area contributed by atoms with Gasteiger partial charge in [-0.15, -0.1) is 0 Å². The molecule has 2 aromatic carbocycles. The number of nitrogens with zero attached hydrogens (tertiary/aromatic N) is 3. The van der Waals surface area contributed by atoms with E-state index in [1.807, 2.05) is 31.2 Å². The van der Waals surface area contributed by atoms with Gasteiger partial charge < -0.3 is 14.2 Å². The van der Waals surface area contributed by atoms with Crippen LogP contribution in [0.25, 0.3) is 6.08 Å². The van der Waals surface area contributed by atoms with Crippen LogP contribution >= 0.6 is 23.5 Å². The van der Waals surface area contributed by atoms with E-state index in [1.54, 1.807) is 6.07 Å². The maximum absolute atomic E-state index is 12.6. The number of methoxy groups -OCH3 is 1. The Morgan fingerprint density at radius 1 is 1.19 bits per heavy atom. The molecule has 0 aliphatic carbocycles. The van der Waals surface area contributed by atoms with Gasteiger partial charge in [0.2, 0.25) is 20.2 Å². The number of amides is 1. The maximum Gasteiger partial charge on any atom is 0.283 e. The Bertz CT molecular complexity index is 1450. The maximum atomic E-state index is 12.6. The number of halogens is 1. The molecule has 0 radical (unpaired) electrons. The number of benzene rings is 2. The molecule has 0 saturated carbocycles. The molecule has 0 bridgehead atoms. The minimum absolute atomic E-state index is 0.00909. The van der Waals surface area contributed by atoms with Crippen LogP contribution < -0.4 is 14.2 Å². The molecular weight excluding hydrogens is 528 g/mol. The lowest BCUT2D eigenvalue weighted by atomic mass is 10.1. The summed E-state index contributed by atoms with van der Waals surface area (Å²) in [6.45, 7) is 2.45. The number of fused-ring (bicyclic) bond motifs is 1. The van der Waals surface area contributed by atoms with Crippen molar-refractivity contribution >= 4 is 61.5 Å². The quantitative estimate of drug-likeness (QED) is 0.314. The summed E-state index contributed by atoms with van der Waals surface area (Å²) in [6.07, 6.45) is 2.35. The normalized spacial score (nSPS) is 16.6. The van der Waals surface area contributed by atoms with Gasteiger partial charge in [-0.3, -0.25) is 10.2 Å². The molecule has 36 heavy (non-hydrogen) atoms. The summed E-state index contributed by atoms with van der Waals surface area (Å²) in [4.78, 5) is 17.5. The first-order valence-electron chi connectivity index (χ1n) is 10.5. The zero-order valence-electron chi connectivity index (χ0n) is 19.4. The van der Waals surface area contributed by atoms with Crippen LogP contribution in [0.5, 0.6) is 17.2 Å². The van der Waals surface area contributed by atoms with Crippen molar-refractivity contribution in [2.24, 2.45) is 9.39 Å². The van der Waals surface area contributed by atoms with Crippen molar-refractivity contribution in [3.05, 3.63) is 58.1 Å². The van der Waals surface area contributed by atoms with Gasteiger partial charge in [0.25, 0.3) is 5.91 Å². The number of nitrogens with one attached hydrogen (secondary N) is 1. The third-order valence-electron chi connectivity index (χ3n) is 4.98. The topological polar surface area (TPSA) is 131 Å². The number of aliphatic imine (C=N–C) groups is 1. The molecule has 0 fully saturated rings. The Labute approximate surface area is 217 Å². The van der Waals surface area contributed by atoms with E-state index in [9.17, 15) is 13.2 Å². The Hall–Kier alpha value is -3.35. The zero-order valence-corrected chi connectivity index (χ0v) is 21.8. The molecule has 1 amide bonds. The SMILES string of the molecule is COc1cc(/C=C2/C(=N)N3C(=NC2=O)SN=C3S(C)(=O)=O)cc(Cl)c1OCCOc1cccc(C)c1. The molecule has 0 unspecified atom stereocenters. The number of carbonyl (C=O) groups excluding carboxylic acids is 1. The molecule has 2 aliphatic rings. The van der Waals surface area contributed by atoms with E-state index < -0.39 is 15.7 Å². The van der Waals surface area contributed by atoms with Gasteiger partial charge in [-0.25, -0.2) is 13.3 Å². The first kappa shape index (κ1) is 25.7. The number of sulfone groups is 1. The second-order valence-electron chi connectivity index (χ2n) is 7.73. The summed E-state index contributed by atoms with van der Waals surface area (Å²) in [5, 5.41) is 8.31. The number of aryl methyl sites for hydroxylation is 1. The smallest absolute Gasteiger partial charge is 0.283 e. The van der Waals surface area contributed by atoms with Crippen molar-refractivity contribution < 1.29 is 27.4 Å². The monoisotopic (exact) mass is 548 g/mol. The highest BCUT2D eigenvalue weighted by Crippen LogP contribution is 2.38. The third kappa shape index (κ3) is 5.40. The van der Waals surface area contributed by atoms with Gasteiger partial charge in [0.05, 0.1) is 29.7 Å². The predicted molar refractivity (Wildman–Crippen MR) is 140 cm³/mol. The van der Waals surface area contributed by atoms with Gasteiger partial charge in [-0.2, -0.15) is 9.39 Å². The highest BCUT2D eigenvalue weighted by molar-refractivity contribution is 8.16. The van der Waals surface area contributed by atoms with E-state index in [0.29, 0.717) is 17.1 Å². The minimum Gasteiger partial charge on any atom is -0.493 e. The first-order valence-corrected chi connectivity index (χ1v) is 13.5. The lowest BCUT2D eigenvalue weighted by Gasteiger charge is -2.24. The molecule has 2 aromatic rings. The second kappa shape index (κ2) is 10.3. The van der Waals surface area contributed by atoms with E-state index in [4.69, 9.17) is 31.2 Å². The fourth-order valence-corrected chi connectivity index (χ4v) is 5.49. The number of carbonyl (C=O) groups is 1. The van der Waals surface area contributed by atoms with E-state index in [1.165, 1.54) is 19.3 Å². The Balaban J connectivity index is 1.53. The molecule has 0 saturated heterocycles. The molecule has 2 heterocycles. The molecule has 0 spiro atoms. The van der Waals surface area contributed by atoms with Crippen LogP contribution in [-0.2, 0) is 14.6 Å². The summed E-state index contributed by atoms with van der Waals surface area (Å²) in [6, 6.07) is 10.8. The lowest BCUT2D eigenvalue weighted by molar-refractivity contribution is -0.114. The van der Waals surface area contributed by atoms with Gasteiger partial charge in [0.15, 0.2) is 11.5 Å². The highest BCUT2D eigenvalue weighted by atomic mass is 35.5. The Morgan fingerprint density at radius 2 is 1.94 bits per heavy atom. The van der Waals surface area contributed by atoms with Crippen LogP contribution in [0, 0.1) is 12.3 Å². The number of amidine groups is 3. The van der Waals surface area contributed by atoms with E-state index >= 15 is 0 Å². The van der Waals surface area contributed by atoms with Crippen molar-refractivity contribution in [1.29, 1.82) is 5.41 Å². The summed E-state index contributed by atoms with van der Waals surface area (Å²) >= 11 is 7.16. The molecule has 4 rings (SSSR count). The second-order valence-corrected chi connectivity index (χ2v) is 10.8. The number of hydrogen-bond donors (Lipinski definition) is 1. The third-order valence-corrected chi connectivity index (χ3v) is 7.01. The van der Waals surface area contributed by atoms with Crippen LogP contribution in [0.15, 0.2) is 51.4 Å². The average Bonchev–Trinajstić information content (AvgIpc) is 3.25. The van der Waals surface area contributed by atoms with Crippen molar-refractivity contribution in [3.63, 3.8) is 0 Å². The van der Waals surface area contributed by atoms with Crippen LogP contribution in [0.4, 0.5) is 0 Å². The van der Waals surface area contributed by atoms with Gasteiger partial charge in [0, 0.05) is 6.26 Å². The van der Waals surface area contributed by atoms with Crippen LogP contribution in [-0.4, -0.2) is 62.0 Å². The molecule has 1 N–H and O–H groups in total. The molecule has 0 aromatic heterocycles. The first-order chi connectivity index (χ1) is 17.1. The molecule has 0 atom stereocenters. The largest absolute Gasteiger partial charge is 0.493 e. The minimum atomic E-state index is -3.75. The molecular formula is C23H21ClN4O6S2. The molecule has 2 aliphatic heterocycles. The van der Waals surface area contributed by atoms with Gasteiger partial charge >= 0.3 is 0 Å². The highest BCUT2D eigenvalue weighted by Gasteiger charge is 2.41. The predicted octanol–water partition coefficient (Wildman–Crippen LogP) is 3.74. The Kier molecular flexibility index (Phi) is 7.38. The van der Waals surface area contributed by atoms with Crippen molar-refractivity contribution in [3.8, 4) is 17.2 Å². The van der Waals surface area contributed by atoms with E-state index in [-0.39, 0.29) is 40.0 Å². The summed E-state index contributed by atoms with van der Waals surface area (Å²) < 4.78 is 44.8. The summed E-state index contributed by atoms with van der Waals surface area (Å²) in [5.74, 6) is 0.265. The molecule has 13 heteroatoms. The van der Waals surface area contributed by atoms with E-state index in [0.717, 1.165) is 34.4 Å². The van der Waals surface area contributed by atoms with Gasteiger partial charge in [-0.05, 0) is 48.4 Å². The molecule has 188 valence electrons. The zero-order chi connectivity index (χ0) is 26.0. The number of ether oxygens (including phenoxy) is 3.